The van der Waals surface area contributed by atoms with Crippen LogP contribution in [0, 0.1) is 11.8 Å². The van der Waals surface area contributed by atoms with Crippen molar-refractivity contribution in [1.29, 1.82) is 0 Å². The fourth-order valence-electron chi connectivity index (χ4n) is 5.03. The number of amides is 4. The molecule has 2 unspecified atom stereocenters. The molecular weight excluding hydrogens is 556 g/mol. The van der Waals surface area contributed by atoms with Gasteiger partial charge in [0, 0.05) is 39.9 Å². The molecule has 0 aromatic heterocycles. The minimum Gasteiger partial charge on any atom is -0.480 e. The number of carbonyl (C=O) groups is 5. The molecule has 0 saturated carbocycles. The first-order valence-corrected chi connectivity index (χ1v) is 14.6. The van der Waals surface area contributed by atoms with Crippen LogP contribution in [-0.4, -0.2) is 95.1 Å². The van der Waals surface area contributed by atoms with E-state index < -0.39 is 47.9 Å². The molecule has 4 amide bonds. The number of nitrogens with one attached hydrogen (secondary N) is 4. The smallest absolute Gasteiger partial charge is 0.407 e. The Kier molecular flexibility index (Phi) is 13.3. The number of rotatable bonds is 10. The molecule has 1 saturated heterocycles. The molecule has 1 aromatic rings. The van der Waals surface area contributed by atoms with E-state index in [0.29, 0.717) is 32.5 Å². The van der Waals surface area contributed by atoms with Gasteiger partial charge in [0.2, 0.25) is 11.8 Å². The van der Waals surface area contributed by atoms with Gasteiger partial charge in [0.1, 0.15) is 23.8 Å². The Labute approximate surface area is 253 Å². The van der Waals surface area contributed by atoms with E-state index in [1.165, 1.54) is 21.6 Å². The molecule has 2 heterocycles. The average molecular weight is 603 g/mol. The largest absolute Gasteiger partial charge is 0.480 e. The topological polar surface area (TPSA) is 180 Å². The lowest BCUT2D eigenvalue weighted by atomic mass is 9.99. The van der Waals surface area contributed by atoms with Gasteiger partial charge in [-0.1, -0.05) is 52.0 Å². The molecule has 13 heteroatoms. The highest BCUT2D eigenvalue weighted by molar-refractivity contribution is 5.98. The number of carboxylic acids is 1. The first kappa shape index (κ1) is 34.9. The van der Waals surface area contributed by atoms with Crippen LogP contribution in [0.1, 0.15) is 51.7 Å². The van der Waals surface area contributed by atoms with Crippen molar-refractivity contribution in [1.82, 2.24) is 31.1 Å². The molecule has 1 aromatic carbocycles. The lowest BCUT2D eigenvalue weighted by Crippen LogP contribution is -2.58. The highest BCUT2D eigenvalue weighted by Gasteiger charge is 2.39. The molecule has 2 aliphatic heterocycles. The van der Waals surface area contributed by atoms with Gasteiger partial charge in [-0.3, -0.25) is 14.4 Å². The number of likely N-dealkylation sites (tertiary alicyclic amines) is 1. The first-order valence-electron chi connectivity index (χ1n) is 14.6. The summed E-state index contributed by atoms with van der Waals surface area (Å²) in [5.41, 5.74) is 2.67. The van der Waals surface area contributed by atoms with Crippen LogP contribution in [0.25, 0.3) is 0 Å². The number of fused-ring (bicyclic) bond motifs is 1. The number of aliphatic carboxylic acids is 1. The average Bonchev–Trinajstić information content (AvgIpc) is 3.47. The van der Waals surface area contributed by atoms with Crippen molar-refractivity contribution in [2.45, 2.75) is 71.6 Å². The zero-order valence-electron chi connectivity index (χ0n) is 25.8. The zero-order chi connectivity index (χ0) is 32.3. The van der Waals surface area contributed by atoms with E-state index in [9.17, 15) is 29.1 Å². The quantitative estimate of drug-likeness (QED) is 0.216. The Hall–Kier alpha value is -4.29. The fourth-order valence-corrected chi connectivity index (χ4v) is 5.03. The minimum absolute atomic E-state index is 0.233. The molecule has 0 radical (unpaired) electrons. The molecule has 43 heavy (non-hydrogen) atoms. The third-order valence-electron chi connectivity index (χ3n) is 7.49. The Morgan fingerprint density at radius 1 is 0.907 bits per heavy atom. The fraction of sp³-hybridized carbons (Fsp3) is 0.567. The molecule has 238 valence electrons. The summed E-state index contributed by atoms with van der Waals surface area (Å²) in [4.78, 5) is 63.4. The van der Waals surface area contributed by atoms with Crippen LogP contribution in [0.5, 0.6) is 0 Å². The van der Waals surface area contributed by atoms with E-state index >= 15 is 0 Å². The number of carbonyl (C=O) groups excluding carboxylic acids is 3. The van der Waals surface area contributed by atoms with E-state index in [1.807, 2.05) is 18.2 Å². The highest BCUT2D eigenvalue weighted by atomic mass is 16.4. The van der Waals surface area contributed by atoms with E-state index in [4.69, 9.17) is 5.11 Å². The molecule has 1 fully saturated rings. The summed E-state index contributed by atoms with van der Waals surface area (Å²) >= 11 is 0. The van der Waals surface area contributed by atoms with Gasteiger partial charge < -0.3 is 41.3 Å². The predicted octanol–water partition coefficient (Wildman–Crippen LogP) is 1.35. The van der Waals surface area contributed by atoms with Gasteiger partial charge in [-0.05, 0) is 42.2 Å². The Bertz CT molecular complexity index is 1190. The summed E-state index contributed by atoms with van der Waals surface area (Å²) in [5.74, 6) is -2.89. The molecule has 2 aliphatic rings. The summed E-state index contributed by atoms with van der Waals surface area (Å²) in [6.45, 7) is 8.65. The van der Waals surface area contributed by atoms with Crippen molar-refractivity contribution in [3.8, 4) is 0 Å². The van der Waals surface area contributed by atoms with Crippen LogP contribution in [0.4, 0.5) is 4.79 Å². The maximum absolute atomic E-state index is 13.0. The maximum Gasteiger partial charge on any atom is 0.407 e. The van der Waals surface area contributed by atoms with E-state index in [-0.39, 0.29) is 17.5 Å². The van der Waals surface area contributed by atoms with Crippen LogP contribution >= 0.6 is 0 Å². The summed E-state index contributed by atoms with van der Waals surface area (Å²) in [5, 5.41) is 29.1. The zero-order valence-corrected chi connectivity index (χ0v) is 25.8. The minimum atomic E-state index is -1.04. The molecule has 0 bridgehead atoms. The predicted molar refractivity (Wildman–Crippen MR) is 161 cm³/mol. The Morgan fingerprint density at radius 3 is 2.07 bits per heavy atom. The molecule has 0 spiro atoms. The highest BCUT2D eigenvalue weighted by Crippen LogP contribution is 2.21. The van der Waals surface area contributed by atoms with Crippen molar-refractivity contribution in [2.24, 2.45) is 11.8 Å². The van der Waals surface area contributed by atoms with Gasteiger partial charge in [-0.25, -0.2) is 9.59 Å². The maximum atomic E-state index is 13.0. The summed E-state index contributed by atoms with van der Waals surface area (Å²) < 4.78 is 0. The number of hydrogen-bond donors (Lipinski definition) is 6. The molecule has 6 N–H and O–H groups in total. The second kappa shape index (κ2) is 16.4. The number of benzene rings is 1. The second-order valence-electron chi connectivity index (χ2n) is 11.3. The molecule has 3 atom stereocenters. The number of carboxylic acid groups (broad SMARTS) is 2. The standard InChI is InChI=1S/C20H35N5O5.C10H11NO2/c1-11(2)15(23-17(26)13(22-6)10-21-5)18(27)24-16(12(3)4)19(28)25-9-7-8-14(25)20(29)30;12-10(13)11-6-5-8-3-1-2-4-9(8)7-11/h10-12,14-16,21-22H,7-9H2,1-6H3,(H,23,26)(H,24,27)(H,29,30);1-4H,5-7H2,(H,12,13)/b13-10-;/t14?,15-,16?;/m0./s1. The Balaban J connectivity index is 0.000000407. The number of hydrogen-bond acceptors (Lipinski definition) is 7. The van der Waals surface area contributed by atoms with E-state index in [2.05, 4.69) is 27.3 Å². The monoisotopic (exact) mass is 602 g/mol. The Morgan fingerprint density at radius 2 is 1.53 bits per heavy atom. The van der Waals surface area contributed by atoms with Gasteiger partial charge in [-0.2, -0.15) is 0 Å². The molecule has 0 aliphatic carbocycles. The van der Waals surface area contributed by atoms with Crippen LogP contribution in [0.3, 0.4) is 0 Å². The summed E-state index contributed by atoms with van der Waals surface area (Å²) in [6, 6.07) is 5.38. The van der Waals surface area contributed by atoms with Crippen molar-refractivity contribution >= 4 is 29.8 Å². The van der Waals surface area contributed by atoms with Crippen molar-refractivity contribution in [3.05, 3.63) is 47.3 Å². The molecule has 3 rings (SSSR count). The third-order valence-corrected chi connectivity index (χ3v) is 7.49. The van der Waals surface area contributed by atoms with Crippen LogP contribution in [0.2, 0.25) is 0 Å². The van der Waals surface area contributed by atoms with Gasteiger partial charge in [0.25, 0.3) is 5.91 Å². The van der Waals surface area contributed by atoms with Gasteiger partial charge in [-0.15, -0.1) is 0 Å². The van der Waals surface area contributed by atoms with Gasteiger partial charge in [0.05, 0.1) is 0 Å². The SMILES string of the molecule is CN/C=C(\NC)C(=O)N[C@H](C(=O)NC(C(=O)N1CCCC1C(=O)O)C(C)C)C(C)C.O=C(O)N1CCc2ccccc2C1. The lowest BCUT2D eigenvalue weighted by Gasteiger charge is -2.31. The van der Waals surface area contributed by atoms with E-state index in [0.717, 1.165) is 12.0 Å². The van der Waals surface area contributed by atoms with Crippen molar-refractivity contribution in [3.63, 3.8) is 0 Å². The van der Waals surface area contributed by atoms with Crippen molar-refractivity contribution in [2.75, 3.05) is 27.2 Å². The third kappa shape index (κ3) is 9.62. The first-order chi connectivity index (χ1) is 20.3. The number of nitrogens with zero attached hydrogens (tertiary/aromatic N) is 2. The van der Waals surface area contributed by atoms with Crippen LogP contribution in [0.15, 0.2) is 36.2 Å². The second-order valence-corrected chi connectivity index (χ2v) is 11.3. The number of likely N-dealkylation sites (N-methyl/N-ethyl adjacent to an activating group) is 1. The van der Waals surface area contributed by atoms with E-state index in [1.54, 1.807) is 41.8 Å². The molecule has 13 nitrogen and oxygen atoms in total. The lowest BCUT2D eigenvalue weighted by molar-refractivity contribution is -0.150. The van der Waals surface area contributed by atoms with Gasteiger partial charge >= 0.3 is 12.1 Å². The van der Waals surface area contributed by atoms with Gasteiger partial charge in [0.15, 0.2) is 0 Å². The summed E-state index contributed by atoms with van der Waals surface area (Å²) in [6.07, 6.45) is 2.49. The van der Waals surface area contributed by atoms with Crippen molar-refractivity contribution < 1.29 is 34.2 Å². The van der Waals surface area contributed by atoms with Crippen LogP contribution < -0.4 is 21.3 Å². The molecular formula is C30H46N6O7. The summed E-state index contributed by atoms with van der Waals surface area (Å²) in [7, 11) is 3.24. The van der Waals surface area contributed by atoms with Crippen LogP contribution in [-0.2, 0) is 32.1 Å². The normalized spacial score (nSPS) is 17.7.